The van der Waals surface area contributed by atoms with Crippen LogP contribution in [0.4, 0.5) is 0 Å². The van der Waals surface area contributed by atoms with Crippen LogP contribution in [-0.4, -0.2) is 27.6 Å². The number of aryl methyl sites for hydroxylation is 1. The van der Waals surface area contributed by atoms with Crippen molar-refractivity contribution in [3.05, 3.63) is 88.4 Å². The van der Waals surface area contributed by atoms with E-state index in [0.29, 0.717) is 24.3 Å². The summed E-state index contributed by atoms with van der Waals surface area (Å²) in [6.45, 7) is 5.15. The number of imidazole rings is 1. The third-order valence-electron chi connectivity index (χ3n) is 8.94. The van der Waals surface area contributed by atoms with E-state index in [-0.39, 0.29) is 23.2 Å². The van der Waals surface area contributed by atoms with Gasteiger partial charge in [-0.2, -0.15) is 0 Å². The van der Waals surface area contributed by atoms with Gasteiger partial charge in [0.2, 0.25) is 5.88 Å². The minimum absolute atomic E-state index is 0.00612. The van der Waals surface area contributed by atoms with Crippen molar-refractivity contribution in [3.8, 4) is 5.88 Å². The van der Waals surface area contributed by atoms with Crippen LogP contribution in [0.15, 0.2) is 55.0 Å². The Kier molecular flexibility index (Phi) is 4.82. The molecule has 1 unspecified atom stereocenters. The molecule has 4 aromatic rings. The Balaban J connectivity index is 1.13. The highest BCUT2D eigenvalue weighted by atomic mass is 16.5. The number of benzene rings is 2. The minimum Gasteiger partial charge on any atom is -0.473 e. The maximum atomic E-state index is 12.0. The summed E-state index contributed by atoms with van der Waals surface area (Å²) < 4.78 is 13.2. The molecular formula is C31H31N3O3. The molecular weight excluding hydrogens is 462 g/mol. The molecule has 0 saturated heterocycles. The molecule has 0 radical (unpaired) electrons. The summed E-state index contributed by atoms with van der Waals surface area (Å²) in [4.78, 5) is 21.3. The van der Waals surface area contributed by atoms with E-state index >= 15 is 0 Å². The topological polar surface area (TPSA) is 66.2 Å². The number of para-hydroxylation sites is 1. The van der Waals surface area contributed by atoms with Crippen molar-refractivity contribution in [2.24, 2.45) is 18.9 Å². The molecule has 188 valence electrons. The average molecular weight is 494 g/mol. The first kappa shape index (κ1) is 22.5. The van der Waals surface area contributed by atoms with Gasteiger partial charge in [0.1, 0.15) is 6.61 Å². The standard InChI is InChI=1S/C31H31N3O3/c1-31(2)13-22(19-6-5-7-25-29(19)33-16-34(25)3)20-10-17(8-9-24(20)31)15-37-26-12-18-11-21-27(23(18)14-32-26)28(21)30(35)36-4/h5-10,12,14,16,21-22,27-28H,11,13,15H2,1-4H3/t21-,22?,27-,28+/m1/s1. The number of ether oxygens (including phenoxy) is 2. The molecule has 2 heterocycles. The lowest BCUT2D eigenvalue weighted by atomic mass is 9.85. The number of hydrogen-bond acceptors (Lipinski definition) is 5. The largest absolute Gasteiger partial charge is 0.473 e. The number of rotatable bonds is 5. The molecule has 7 rings (SSSR count). The maximum absolute atomic E-state index is 12.0. The highest BCUT2D eigenvalue weighted by Crippen LogP contribution is 2.61. The fraction of sp³-hybridized carbons (Fsp3) is 0.387. The molecule has 2 aromatic carbocycles. The first-order valence-corrected chi connectivity index (χ1v) is 13.1. The summed E-state index contributed by atoms with van der Waals surface area (Å²) in [6.07, 6.45) is 5.76. The predicted octanol–water partition coefficient (Wildman–Crippen LogP) is 5.42. The van der Waals surface area contributed by atoms with Crippen molar-refractivity contribution in [1.29, 1.82) is 0 Å². The lowest BCUT2D eigenvalue weighted by Crippen LogP contribution is -2.12. The van der Waals surface area contributed by atoms with Crippen molar-refractivity contribution >= 4 is 17.0 Å². The van der Waals surface area contributed by atoms with Crippen LogP contribution in [0.3, 0.4) is 0 Å². The predicted molar refractivity (Wildman–Crippen MR) is 141 cm³/mol. The number of carbonyl (C=O) groups excluding carboxylic acids is 1. The molecule has 3 aliphatic rings. The third kappa shape index (κ3) is 3.41. The van der Waals surface area contributed by atoms with E-state index in [1.54, 1.807) is 0 Å². The Morgan fingerprint density at radius 1 is 1.11 bits per heavy atom. The normalized spacial score (nSPS) is 24.4. The van der Waals surface area contributed by atoms with Crippen molar-refractivity contribution in [2.45, 2.75) is 50.5 Å². The lowest BCUT2D eigenvalue weighted by molar-refractivity contribution is -0.142. The first-order chi connectivity index (χ1) is 17.9. The van der Waals surface area contributed by atoms with E-state index in [0.717, 1.165) is 23.9 Å². The Bertz CT molecular complexity index is 1570. The van der Waals surface area contributed by atoms with Gasteiger partial charge in [-0.05, 0) is 63.6 Å². The maximum Gasteiger partial charge on any atom is 0.309 e. The molecule has 0 spiro atoms. The molecule has 6 heteroatoms. The number of methoxy groups -OCH3 is 1. The van der Waals surface area contributed by atoms with E-state index in [1.165, 1.54) is 40.4 Å². The van der Waals surface area contributed by atoms with E-state index in [4.69, 9.17) is 14.5 Å². The zero-order chi connectivity index (χ0) is 25.5. The van der Waals surface area contributed by atoms with E-state index in [2.05, 4.69) is 72.9 Å². The van der Waals surface area contributed by atoms with Crippen LogP contribution >= 0.6 is 0 Å². The second-order valence-corrected chi connectivity index (χ2v) is 11.6. The number of fused-ring (bicyclic) bond motifs is 5. The van der Waals surface area contributed by atoms with Gasteiger partial charge in [0.05, 0.1) is 30.4 Å². The Morgan fingerprint density at radius 2 is 1.97 bits per heavy atom. The Labute approximate surface area is 216 Å². The van der Waals surface area contributed by atoms with Gasteiger partial charge in [-0.25, -0.2) is 9.97 Å². The van der Waals surface area contributed by atoms with E-state index in [9.17, 15) is 4.79 Å². The summed E-state index contributed by atoms with van der Waals surface area (Å²) >= 11 is 0. The van der Waals surface area contributed by atoms with Crippen LogP contribution in [0.1, 0.15) is 65.5 Å². The van der Waals surface area contributed by atoms with Gasteiger partial charge in [0.25, 0.3) is 0 Å². The Morgan fingerprint density at radius 3 is 2.81 bits per heavy atom. The smallest absolute Gasteiger partial charge is 0.309 e. The van der Waals surface area contributed by atoms with Crippen molar-refractivity contribution in [1.82, 2.24) is 14.5 Å². The first-order valence-electron chi connectivity index (χ1n) is 13.1. The number of aromatic nitrogens is 3. The summed E-state index contributed by atoms with van der Waals surface area (Å²) in [5.41, 5.74) is 10.0. The molecule has 6 nitrogen and oxygen atoms in total. The molecule has 1 fully saturated rings. The van der Waals surface area contributed by atoms with Crippen LogP contribution < -0.4 is 4.74 Å². The van der Waals surface area contributed by atoms with Crippen molar-refractivity contribution in [2.75, 3.05) is 7.11 Å². The van der Waals surface area contributed by atoms with E-state index < -0.39 is 0 Å². The zero-order valence-electron chi connectivity index (χ0n) is 21.7. The van der Waals surface area contributed by atoms with Crippen LogP contribution in [-0.2, 0) is 35.0 Å². The number of pyridine rings is 1. The van der Waals surface area contributed by atoms with E-state index in [1.807, 2.05) is 12.5 Å². The minimum atomic E-state index is -0.0988. The van der Waals surface area contributed by atoms with Gasteiger partial charge >= 0.3 is 5.97 Å². The molecule has 0 aliphatic heterocycles. The quantitative estimate of drug-likeness (QED) is 0.348. The van der Waals surface area contributed by atoms with Gasteiger partial charge in [-0.1, -0.05) is 44.2 Å². The number of nitrogens with zero attached hydrogens (tertiary/aromatic N) is 3. The number of carbonyl (C=O) groups is 1. The van der Waals surface area contributed by atoms with Gasteiger partial charge in [0, 0.05) is 31.1 Å². The van der Waals surface area contributed by atoms with Gasteiger partial charge < -0.3 is 14.0 Å². The number of esters is 1. The molecule has 0 bridgehead atoms. The van der Waals surface area contributed by atoms with Gasteiger partial charge in [0.15, 0.2) is 0 Å². The SMILES string of the molecule is COC(=O)[C@H]1[C@@H]2Cc3cc(OCc4ccc5c(c4)C(c4cccc6c4ncn6C)CC5(C)C)ncc3[C@@H]21. The zero-order valence-corrected chi connectivity index (χ0v) is 21.7. The number of hydrogen-bond donors (Lipinski definition) is 0. The average Bonchev–Trinajstić information content (AvgIpc) is 3.14. The molecule has 2 aromatic heterocycles. The van der Waals surface area contributed by atoms with Crippen LogP contribution in [0, 0.1) is 11.8 Å². The summed E-state index contributed by atoms with van der Waals surface area (Å²) in [7, 11) is 3.52. The summed E-state index contributed by atoms with van der Waals surface area (Å²) in [5.74, 6) is 1.48. The lowest BCUT2D eigenvalue weighted by Gasteiger charge is -2.19. The van der Waals surface area contributed by atoms with Crippen LogP contribution in [0.2, 0.25) is 0 Å². The Hall–Kier alpha value is -3.67. The fourth-order valence-electron chi connectivity index (χ4n) is 7.04. The molecule has 1 saturated carbocycles. The molecule has 4 atom stereocenters. The fourth-order valence-corrected chi connectivity index (χ4v) is 7.04. The van der Waals surface area contributed by atoms with Crippen LogP contribution in [0.5, 0.6) is 5.88 Å². The van der Waals surface area contributed by atoms with Gasteiger partial charge in [-0.3, -0.25) is 4.79 Å². The highest BCUT2D eigenvalue weighted by Gasteiger charge is 2.60. The highest BCUT2D eigenvalue weighted by molar-refractivity contribution is 5.81. The van der Waals surface area contributed by atoms with Crippen molar-refractivity contribution < 1.29 is 14.3 Å². The van der Waals surface area contributed by atoms with Crippen molar-refractivity contribution in [3.63, 3.8) is 0 Å². The van der Waals surface area contributed by atoms with Crippen LogP contribution in [0.25, 0.3) is 11.0 Å². The second-order valence-electron chi connectivity index (χ2n) is 11.6. The molecule has 37 heavy (non-hydrogen) atoms. The molecule has 3 aliphatic carbocycles. The molecule has 0 N–H and O–H groups in total. The monoisotopic (exact) mass is 493 g/mol. The summed E-state index contributed by atoms with van der Waals surface area (Å²) in [6, 6.07) is 15.4. The second kappa shape index (κ2) is 7.91. The molecule has 0 amide bonds. The third-order valence-corrected chi connectivity index (χ3v) is 8.94. The summed E-state index contributed by atoms with van der Waals surface area (Å²) in [5, 5.41) is 0. The van der Waals surface area contributed by atoms with Gasteiger partial charge in [-0.15, -0.1) is 0 Å².